The topological polar surface area (TPSA) is 117 Å². The molecule has 1 fully saturated rings. The Morgan fingerprint density at radius 1 is 1.20 bits per heavy atom. The zero-order chi connectivity index (χ0) is 25.9. The lowest BCUT2D eigenvalue weighted by Gasteiger charge is -2.32. The van der Waals surface area contributed by atoms with Crippen LogP contribution in [0.3, 0.4) is 0 Å². The number of alkyl halides is 2. The number of alkyl carbamates (subject to hydrolysis) is 1. The number of likely N-dealkylation sites (N-methyl/N-ethyl adjacent to an activating group) is 1. The zero-order valence-electron chi connectivity index (χ0n) is 20.3. The lowest BCUT2D eigenvalue weighted by Crippen LogP contribution is -2.47. The third kappa shape index (κ3) is 6.81. The van der Waals surface area contributed by atoms with Gasteiger partial charge in [0.2, 0.25) is 5.89 Å². The monoisotopic (exact) mass is 496 g/mol. The van der Waals surface area contributed by atoms with Crippen molar-refractivity contribution in [3.8, 4) is 23.0 Å². The fraction of sp³-hybridized carbons (Fsp3) is 0.522. The number of ether oxygens (including phenoxy) is 2. The first-order chi connectivity index (χ1) is 16.3. The number of rotatable bonds is 6. The van der Waals surface area contributed by atoms with Gasteiger partial charge in [0.1, 0.15) is 5.60 Å². The number of halogens is 2. The summed E-state index contributed by atoms with van der Waals surface area (Å²) in [6.07, 6.45) is -0.702. The van der Waals surface area contributed by atoms with Crippen LogP contribution in [-0.4, -0.2) is 77.3 Å². The summed E-state index contributed by atoms with van der Waals surface area (Å²) in [5.41, 5.74) is -0.498. The first-order valence-electron chi connectivity index (χ1n) is 11.1. The van der Waals surface area contributed by atoms with Crippen molar-refractivity contribution in [2.24, 2.45) is 0 Å². The van der Waals surface area contributed by atoms with E-state index in [1.54, 1.807) is 32.6 Å². The molecule has 1 aromatic heterocycles. The number of benzene rings is 1. The number of aromatic hydroxyl groups is 1. The lowest BCUT2D eigenvalue weighted by molar-refractivity contribution is -0.0512. The van der Waals surface area contributed by atoms with E-state index in [2.05, 4.69) is 19.9 Å². The molecule has 35 heavy (non-hydrogen) atoms. The quantitative estimate of drug-likeness (QED) is 0.623. The second-order valence-corrected chi connectivity index (χ2v) is 9.26. The van der Waals surface area contributed by atoms with E-state index in [-0.39, 0.29) is 28.8 Å². The molecule has 192 valence electrons. The first kappa shape index (κ1) is 26.2. The number of oxazole rings is 1. The average molecular weight is 497 g/mol. The van der Waals surface area contributed by atoms with Crippen LogP contribution in [0.15, 0.2) is 22.6 Å². The molecule has 0 spiro atoms. The molecule has 3 rings (SSSR count). The van der Waals surface area contributed by atoms with Gasteiger partial charge in [-0.3, -0.25) is 4.79 Å². The molecule has 12 heteroatoms. The van der Waals surface area contributed by atoms with Gasteiger partial charge in [-0.15, -0.1) is 0 Å². The summed E-state index contributed by atoms with van der Waals surface area (Å²) in [7, 11) is 1.96. The van der Waals surface area contributed by atoms with Crippen molar-refractivity contribution in [1.29, 1.82) is 0 Å². The highest BCUT2D eigenvalue weighted by Crippen LogP contribution is 2.34. The van der Waals surface area contributed by atoms with Crippen molar-refractivity contribution in [2.75, 3.05) is 33.2 Å². The van der Waals surface area contributed by atoms with Crippen LogP contribution >= 0.6 is 0 Å². The number of nitrogens with zero attached hydrogens (tertiary/aromatic N) is 3. The second kappa shape index (κ2) is 10.5. The van der Waals surface area contributed by atoms with Crippen LogP contribution in [0.4, 0.5) is 13.6 Å². The Hall–Kier alpha value is -3.41. The molecule has 10 nitrogen and oxygen atoms in total. The molecule has 0 saturated carbocycles. The third-order valence-electron chi connectivity index (χ3n) is 5.19. The Balaban J connectivity index is 1.94. The Kier molecular flexibility index (Phi) is 7.83. The van der Waals surface area contributed by atoms with Crippen LogP contribution in [0.1, 0.15) is 50.0 Å². The molecule has 2 amide bonds. The number of carbonyl (C=O) groups excluding carboxylic acids is 2. The van der Waals surface area contributed by atoms with Crippen molar-refractivity contribution >= 4 is 12.0 Å². The number of hydrogen-bond acceptors (Lipinski definition) is 8. The molecular formula is C23H30F2N4O6. The third-order valence-corrected chi connectivity index (χ3v) is 5.19. The Morgan fingerprint density at radius 3 is 2.43 bits per heavy atom. The number of hydrogen-bond donors (Lipinski definition) is 2. The molecule has 1 aliphatic heterocycles. The highest BCUT2D eigenvalue weighted by molar-refractivity contribution is 5.94. The maximum Gasteiger partial charge on any atom is 0.408 e. The number of phenols is 1. The number of carbonyl (C=O) groups is 2. The van der Waals surface area contributed by atoms with Gasteiger partial charge in [-0.1, -0.05) is 0 Å². The summed E-state index contributed by atoms with van der Waals surface area (Å²) in [5, 5.41) is 12.7. The van der Waals surface area contributed by atoms with Gasteiger partial charge in [0.05, 0.1) is 6.04 Å². The number of aromatic nitrogens is 1. The van der Waals surface area contributed by atoms with Gasteiger partial charge in [-0.05, 0) is 52.9 Å². The summed E-state index contributed by atoms with van der Waals surface area (Å²) in [4.78, 5) is 33.7. The van der Waals surface area contributed by atoms with E-state index in [4.69, 9.17) is 9.15 Å². The highest BCUT2D eigenvalue weighted by Gasteiger charge is 2.31. The van der Waals surface area contributed by atoms with Gasteiger partial charge in [0.25, 0.3) is 5.91 Å². The van der Waals surface area contributed by atoms with E-state index in [9.17, 15) is 23.5 Å². The summed E-state index contributed by atoms with van der Waals surface area (Å²) >= 11 is 0. The molecule has 1 aromatic carbocycles. The van der Waals surface area contributed by atoms with E-state index in [1.807, 2.05) is 7.05 Å². The fourth-order valence-electron chi connectivity index (χ4n) is 3.46. The standard InChI is InChI=1S/C23H30F2N4O6/c1-13(26-22(32)35-23(2,3)4)18-17(20(31)29-10-8-28(5)9-11-29)27-19(34-18)14-6-7-16(15(30)12-14)33-21(24)25/h6-7,12-13,21,30H,8-11H2,1-5H3,(H,26,32)/t13-/m0/s1. The Morgan fingerprint density at radius 2 is 1.86 bits per heavy atom. The van der Waals surface area contributed by atoms with E-state index in [0.29, 0.717) is 26.2 Å². The molecule has 0 radical (unpaired) electrons. The minimum Gasteiger partial charge on any atom is -0.504 e. The summed E-state index contributed by atoms with van der Waals surface area (Å²) in [5.74, 6) is -1.27. The Labute approximate surface area is 201 Å². The smallest absolute Gasteiger partial charge is 0.408 e. The molecule has 2 aromatic rings. The summed E-state index contributed by atoms with van der Waals surface area (Å²) in [6, 6.07) is 2.87. The van der Waals surface area contributed by atoms with E-state index < -0.39 is 35.8 Å². The molecule has 1 saturated heterocycles. The van der Waals surface area contributed by atoms with Crippen molar-refractivity contribution in [1.82, 2.24) is 20.1 Å². The molecular weight excluding hydrogens is 466 g/mol. The predicted octanol–water partition coefficient (Wildman–Crippen LogP) is 3.62. The minimum atomic E-state index is -3.10. The van der Waals surface area contributed by atoms with Crippen molar-refractivity contribution < 1.29 is 37.4 Å². The Bertz CT molecular complexity index is 1060. The van der Waals surface area contributed by atoms with Crippen LogP contribution < -0.4 is 10.1 Å². The van der Waals surface area contributed by atoms with Crippen LogP contribution in [0.2, 0.25) is 0 Å². The van der Waals surface area contributed by atoms with Crippen molar-refractivity contribution in [3.63, 3.8) is 0 Å². The van der Waals surface area contributed by atoms with Gasteiger partial charge in [0, 0.05) is 31.7 Å². The van der Waals surface area contributed by atoms with Gasteiger partial charge in [0.15, 0.2) is 23.0 Å². The van der Waals surface area contributed by atoms with Gasteiger partial charge in [-0.2, -0.15) is 8.78 Å². The predicted molar refractivity (Wildman–Crippen MR) is 121 cm³/mol. The second-order valence-electron chi connectivity index (χ2n) is 9.26. The van der Waals surface area contributed by atoms with Crippen LogP contribution in [0.25, 0.3) is 11.5 Å². The molecule has 1 atom stereocenters. The molecule has 0 aliphatic carbocycles. The number of piperazine rings is 1. The van der Waals surface area contributed by atoms with Crippen LogP contribution in [0.5, 0.6) is 11.5 Å². The van der Waals surface area contributed by atoms with Crippen LogP contribution in [-0.2, 0) is 4.74 Å². The maximum atomic E-state index is 13.3. The van der Waals surface area contributed by atoms with E-state index >= 15 is 0 Å². The fourth-order valence-corrected chi connectivity index (χ4v) is 3.46. The lowest BCUT2D eigenvalue weighted by atomic mass is 10.1. The van der Waals surface area contributed by atoms with E-state index in [0.717, 1.165) is 12.1 Å². The molecule has 1 aliphatic rings. The van der Waals surface area contributed by atoms with Crippen molar-refractivity contribution in [3.05, 3.63) is 29.7 Å². The van der Waals surface area contributed by atoms with Gasteiger partial charge >= 0.3 is 12.7 Å². The molecule has 0 bridgehead atoms. The molecule has 2 N–H and O–H groups in total. The minimum absolute atomic E-state index is 0.000471. The van der Waals surface area contributed by atoms with E-state index in [1.165, 1.54) is 6.07 Å². The average Bonchev–Trinajstić information content (AvgIpc) is 3.19. The number of phenolic OH excluding ortho intramolecular Hbond substituents is 1. The summed E-state index contributed by atoms with van der Waals surface area (Å²) in [6.45, 7) is 6.05. The zero-order valence-corrected chi connectivity index (χ0v) is 20.3. The highest BCUT2D eigenvalue weighted by atomic mass is 19.3. The molecule has 2 heterocycles. The first-order valence-corrected chi connectivity index (χ1v) is 11.1. The number of amides is 2. The normalized spacial score (nSPS) is 15.7. The van der Waals surface area contributed by atoms with Crippen molar-refractivity contribution in [2.45, 2.75) is 45.9 Å². The maximum absolute atomic E-state index is 13.3. The molecule has 0 unspecified atom stereocenters. The van der Waals surface area contributed by atoms with Gasteiger partial charge in [-0.25, -0.2) is 9.78 Å². The van der Waals surface area contributed by atoms with Crippen LogP contribution in [0, 0.1) is 0 Å². The number of nitrogens with one attached hydrogen (secondary N) is 1. The SMILES string of the molecule is C[C@H](NC(=O)OC(C)(C)C)c1oc(-c2ccc(OC(F)F)c(O)c2)nc1C(=O)N1CCN(C)CC1. The van der Waals surface area contributed by atoms with Gasteiger partial charge < -0.3 is 34.1 Å². The largest absolute Gasteiger partial charge is 0.504 e. The summed E-state index contributed by atoms with van der Waals surface area (Å²) < 4.78 is 40.4.